The fourth-order valence-electron chi connectivity index (χ4n) is 2.93. The number of rotatable bonds is 5. The Bertz CT molecular complexity index is 812. The van der Waals surface area contributed by atoms with Crippen LogP contribution < -0.4 is 10.2 Å². The maximum atomic E-state index is 11.7. The second kappa shape index (κ2) is 9.52. The number of aliphatic hydroxyl groups is 1. The van der Waals surface area contributed by atoms with Crippen molar-refractivity contribution in [3.05, 3.63) is 40.8 Å². The number of ether oxygens (including phenoxy) is 1. The van der Waals surface area contributed by atoms with Gasteiger partial charge < -0.3 is 14.7 Å². The van der Waals surface area contributed by atoms with Crippen molar-refractivity contribution in [2.75, 3.05) is 31.7 Å². The van der Waals surface area contributed by atoms with Gasteiger partial charge in [-0.05, 0) is 48.2 Å². The van der Waals surface area contributed by atoms with Crippen LogP contribution in [0.2, 0.25) is 0 Å². The summed E-state index contributed by atoms with van der Waals surface area (Å²) in [6.07, 6.45) is 4.73. The van der Waals surface area contributed by atoms with Crippen molar-refractivity contribution in [1.82, 2.24) is 5.32 Å². The molecule has 0 unspecified atom stereocenters. The van der Waals surface area contributed by atoms with Crippen molar-refractivity contribution in [3.63, 3.8) is 0 Å². The number of amides is 1. The van der Waals surface area contributed by atoms with Gasteiger partial charge in [0.15, 0.2) is 5.17 Å². The van der Waals surface area contributed by atoms with E-state index in [9.17, 15) is 14.7 Å². The molecule has 8 nitrogen and oxygen atoms in total. The van der Waals surface area contributed by atoms with E-state index in [-0.39, 0.29) is 11.5 Å². The Morgan fingerprint density at radius 2 is 2.07 bits per heavy atom. The van der Waals surface area contributed by atoms with Crippen LogP contribution in [0.25, 0.3) is 0 Å². The fourth-order valence-corrected chi connectivity index (χ4v) is 3.67. The lowest BCUT2D eigenvalue weighted by Gasteiger charge is -2.32. The van der Waals surface area contributed by atoms with Crippen LogP contribution in [0, 0.1) is 5.92 Å². The highest BCUT2D eigenvalue weighted by molar-refractivity contribution is 8.18. The Hall–Kier alpha value is -2.65. The van der Waals surface area contributed by atoms with Crippen LogP contribution in [0.5, 0.6) is 0 Å². The van der Waals surface area contributed by atoms with Crippen LogP contribution >= 0.6 is 11.8 Å². The lowest BCUT2D eigenvalue weighted by Crippen LogP contribution is -2.34. The first-order valence-corrected chi connectivity index (χ1v) is 9.76. The number of thioether (sulfide) groups is 1. The normalized spacial score (nSPS) is 20.9. The van der Waals surface area contributed by atoms with Gasteiger partial charge in [-0.3, -0.25) is 10.1 Å². The highest BCUT2D eigenvalue weighted by atomic mass is 32.2. The number of benzene rings is 1. The lowest BCUT2D eigenvalue weighted by molar-refractivity contribution is -0.135. The highest BCUT2D eigenvalue weighted by Gasteiger charge is 2.25. The summed E-state index contributed by atoms with van der Waals surface area (Å²) in [5, 5.41) is 20.0. The summed E-state index contributed by atoms with van der Waals surface area (Å²) in [6.45, 7) is 2.17. The number of esters is 1. The number of carbonyl (C=O) groups is 2. The minimum atomic E-state index is -0.594. The molecule has 0 atom stereocenters. The summed E-state index contributed by atoms with van der Waals surface area (Å²) in [7, 11) is 1.25. The van der Waals surface area contributed by atoms with E-state index in [2.05, 4.69) is 25.2 Å². The van der Waals surface area contributed by atoms with Gasteiger partial charge >= 0.3 is 5.97 Å². The molecule has 0 spiro atoms. The number of hydrogen-bond donors (Lipinski definition) is 2. The SMILES string of the molecule is COC(=O)/C=C1/S/C(=N\N=Cc2ccc(N3CCC(CO)CC3)cc2)NC1=O. The largest absolute Gasteiger partial charge is 0.466 e. The van der Waals surface area contributed by atoms with E-state index in [1.807, 2.05) is 24.3 Å². The third kappa shape index (κ3) is 5.20. The van der Waals surface area contributed by atoms with E-state index in [0.717, 1.165) is 55.0 Å². The number of nitrogens with one attached hydrogen (secondary N) is 1. The van der Waals surface area contributed by atoms with Gasteiger partial charge in [0, 0.05) is 31.5 Å². The van der Waals surface area contributed by atoms with Crippen LogP contribution in [-0.2, 0) is 14.3 Å². The maximum absolute atomic E-state index is 11.7. The molecule has 1 aromatic carbocycles. The van der Waals surface area contributed by atoms with Crippen molar-refractivity contribution >= 4 is 40.7 Å². The van der Waals surface area contributed by atoms with Gasteiger partial charge in [-0.15, -0.1) is 5.10 Å². The van der Waals surface area contributed by atoms with Crippen molar-refractivity contribution in [3.8, 4) is 0 Å². The third-order valence-corrected chi connectivity index (χ3v) is 5.49. The Balaban J connectivity index is 1.56. The summed E-state index contributed by atoms with van der Waals surface area (Å²) in [5.74, 6) is -0.583. The quantitative estimate of drug-likeness (QED) is 0.335. The van der Waals surface area contributed by atoms with E-state index in [4.69, 9.17) is 0 Å². The van der Waals surface area contributed by atoms with Crippen molar-refractivity contribution in [2.24, 2.45) is 16.1 Å². The highest BCUT2D eigenvalue weighted by Crippen LogP contribution is 2.24. The molecule has 0 bridgehead atoms. The lowest BCUT2D eigenvalue weighted by atomic mass is 9.97. The monoisotopic (exact) mass is 402 g/mol. The second-order valence-corrected chi connectivity index (χ2v) is 7.47. The first-order valence-electron chi connectivity index (χ1n) is 8.95. The van der Waals surface area contributed by atoms with Gasteiger partial charge in [-0.1, -0.05) is 12.1 Å². The molecule has 28 heavy (non-hydrogen) atoms. The van der Waals surface area contributed by atoms with Gasteiger partial charge in [0.05, 0.1) is 18.2 Å². The molecule has 0 aromatic heterocycles. The van der Waals surface area contributed by atoms with Crippen LogP contribution in [0.15, 0.2) is 45.4 Å². The van der Waals surface area contributed by atoms with Gasteiger partial charge in [0.2, 0.25) is 0 Å². The van der Waals surface area contributed by atoms with E-state index in [1.54, 1.807) is 6.21 Å². The molecule has 148 valence electrons. The average molecular weight is 402 g/mol. The molecule has 0 saturated carbocycles. The second-order valence-electron chi connectivity index (χ2n) is 6.44. The summed E-state index contributed by atoms with van der Waals surface area (Å²) < 4.78 is 4.51. The molecular formula is C19H22N4O4S. The summed E-state index contributed by atoms with van der Waals surface area (Å²) in [6, 6.07) is 7.99. The summed E-state index contributed by atoms with van der Waals surface area (Å²) >= 11 is 1.03. The predicted octanol–water partition coefficient (Wildman–Crippen LogP) is 1.51. The number of anilines is 1. The standard InChI is InChI=1S/C19H22N4O4S/c1-27-17(25)10-16-18(26)21-19(28-16)22-20-11-13-2-4-15(5-3-13)23-8-6-14(12-24)7-9-23/h2-5,10-11,14,24H,6-9,12H2,1H3,(H,21,22,26)/b16-10+,20-11?. The van der Waals surface area contributed by atoms with E-state index < -0.39 is 11.9 Å². The molecule has 2 aliphatic rings. The topological polar surface area (TPSA) is 104 Å². The van der Waals surface area contributed by atoms with Crippen LogP contribution in [0.4, 0.5) is 5.69 Å². The summed E-state index contributed by atoms with van der Waals surface area (Å²) in [5.41, 5.74) is 2.04. The molecule has 2 aliphatic heterocycles. The molecular weight excluding hydrogens is 380 g/mol. The molecule has 3 rings (SSSR count). The zero-order chi connectivity index (χ0) is 19.9. The first kappa shape index (κ1) is 20.1. The number of hydrogen-bond acceptors (Lipinski definition) is 8. The number of piperidine rings is 1. The van der Waals surface area contributed by atoms with Gasteiger partial charge in [0.1, 0.15) is 0 Å². The minimum Gasteiger partial charge on any atom is -0.466 e. The molecule has 2 heterocycles. The number of methoxy groups -OCH3 is 1. The molecule has 2 N–H and O–H groups in total. The van der Waals surface area contributed by atoms with Crippen LogP contribution in [0.3, 0.4) is 0 Å². The molecule has 1 amide bonds. The number of carbonyl (C=O) groups excluding carboxylic acids is 2. The molecule has 1 aromatic rings. The zero-order valence-electron chi connectivity index (χ0n) is 15.5. The molecule has 0 aliphatic carbocycles. The first-order chi connectivity index (χ1) is 13.6. The van der Waals surface area contributed by atoms with E-state index in [0.29, 0.717) is 11.1 Å². The van der Waals surface area contributed by atoms with Gasteiger partial charge in [-0.25, -0.2) is 4.79 Å². The van der Waals surface area contributed by atoms with Crippen LogP contribution in [-0.4, -0.2) is 55.2 Å². The molecule has 9 heteroatoms. The minimum absolute atomic E-state index is 0.218. The fraction of sp³-hybridized carbons (Fsp3) is 0.368. The van der Waals surface area contributed by atoms with Crippen molar-refractivity contribution < 1.29 is 19.4 Å². The Labute approximate surface area is 167 Å². The molecule has 2 saturated heterocycles. The third-order valence-electron chi connectivity index (χ3n) is 4.59. The van der Waals surface area contributed by atoms with Gasteiger partial charge in [0.25, 0.3) is 5.91 Å². The Morgan fingerprint density at radius 1 is 1.36 bits per heavy atom. The van der Waals surface area contributed by atoms with Crippen LogP contribution in [0.1, 0.15) is 18.4 Å². The van der Waals surface area contributed by atoms with E-state index in [1.165, 1.54) is 7.11 Å². The average Bonchev–Trinajstić information content (AvgIpc) is 3.07. The number of nitrogens with zero attached hydrogens (tertiary/aromatic N) is 3. The van der Waals surface area contributed by atoms with Crippen molar-refractivity contribution in [1.29, 1.82) is 0 Å². The molecule has 2 fully saturated rings. The summed E-state index contributed by atoms with van der Waals surface area (Å²) in [4.78, 5) is 25.5. The number of aliphatic hydroxyl groups excluding tert-OH is 1. The Morgan fingerprint density at radius 3 is 2.71 bits per heavy atom. The zero-order valence-corrected chi connectivity index (χ0v) is 16.3. The van der Waals surface area contributed by atoms with E-state index >= 15 is 0 Å². The van der Waals surface area contributed by atoms with Gasteiger partial charge in [-0.2, -0.15) is 5.10 Å². The van der Waals surface area contributed by atoms with Crippen molar-refractivity contribution in [2.45, 2.75) is 12.8 Å². The molecule has 0 radical (unpaired) electrons. The number of amidine groups is 1. The predicted molar refractivity (Wildman–Crippen MR) is 109 cm³/mol. The maximum Gasteiger partial charge on any atom is 0.331 e. The Kier molecular flexibility index (Phi) is 6.83. The smallest absolute Gasteiger partial charge is 0.331 e.